The van der Waals surface area contributed by atoms with Crippen molar-refractivity contribution in [1.29, 1.82) is 0 Å². The number of pyridine rings is 1. The second kappa shape index (κ2) is 5.44. The van der Waals surface area contributed by atoms with E-state index in [1.807, 2.05) is 19.2 Å². The minimum absolute atomic E-state index is 0.192. The number of nitrogens with one attached hydrogen (secondary N) is 1. The van der Waals surface area contributed by atoms with Crippen LogP contribution in [0.25, 0.3) is 0 Å². The Hall–Kier alpha value is -1.95. The summed E-state index contributed by atoms with van der Waals surface area (Å²) in [5.74, 6) is 0.990. The molecule has 21 heavy (non-hydrogen) atoms. The molecule has 6 heteroatoms. The third-order valence-corrected chi connectivity index (χ3v) is 4.23. The minimum Gasteiger partial charge on any atom is -0.384 e. The van der Waals surface area contributed by atoms with E-state index in [1.165, 1.54) is 24.2 Å². The van der Waals surface area contributed by atoms with Gasteiger partial charge >= 0.3 is 0 Å². The number of thiazole rings is 1. The highest BCUT2D eigenvalue weighted by Crippen LogP contribution is 2.40. The van der Waals surface area contributed by atoms with Gasteiger partial charge in [0.05, 0.1) is 5.69 Å². The largest absolute Gasteiger partial charge is 0.384 e. The van der Waals surface area contributed by atoms with E-state index in [1.54, 1.807) is 12.1 Å². The Morgan fingerprint density at radius 2 is 2.14 bits per heavy atom. The Kier molecular flexibility index (Phi) is 3.63. The summed E-state index contributed by atoms with van der Waals surface area (Å²) in [6.45, 7) is 4.04. The fourth-order valence-corrected chi connectivity index (χ4v) is 2.87. The molecule has 0 aromatic carbocycles. The average molecular weight is 302 g/mol. The first-order chi connectivity index (χ1) is 10.0. The summed E-state index contributed by atoms with van der Waals surface area (Å²) in [4.78, 5) is 21.0. The van der Waals surface area contributed by atoms with Crippen LogP contribution in [0.3, 0.4) is 0 Å². The van der Waals surface area contributed by atoms with Crippen LogP contribution >= 0.6 is 11.3 Å². The molecule has 5 nitrogen and oxygen atoms in total. The Labute approximate surface area is 127 Å². The molecule has 1 fully saturated rings. The summed E-state index contributed by atoms with van der Waals surface area (Å²) >= 11 is 1.47. The second-order valence-corrected chi connectivity index (χ2v) is 6.52. The number of nitrogens with zero attached hydrogens (tertiary/aromatic N) is 2. The van der Waals surface area contributed by atoms with Crippen LogP contribution in [-0.2, 0) is 0 Å². The predicted octanol–water partition coefficient (Wildman–Crippen LogP) is 3.37. The predicted molar refractivity (Wildman–Crippen MR) is 84.8 cm³/mol. The molecule has 1 aliphatic carbocycles. The Bertz CT molecular complexity index is 676. The number of anilines is 2. The first-order valence-electron chi connectivity index (χ1n) is 7.07. The maximum absolute atomic E-state index is 12.3. The summed E-state index contributed by atoms with van der Waals surface area (Å²) in [5.41, 5.74) is 8.21. The topological polar surface area (TPSA) is 80.9 Å². The molecule has 0 radical (unpaired) electrons. The summed E-state index contributed by atoms with van der Waals surface area (Å²) in [5, 5.41) is 5.50. The Morgan fingerprint density at radius 1 is 1.38 bits per heavy atom. The molecule has 0 saturated heterocycles. The highest BCUT2D eigenvalue weighted by molar-refractivity contribution is 7.14. The molecule has 2 aromatic rings. The zero-order valence-electron chi connectivity index (χ0n) is 12.1. The maximum atomic E-state index is 12.3. The molecule has 3 rings (SSSR count). The molecule has 0 aliphatic heterocycles. The molecule has 2 heterocycles. The van der Waals surface area contributed by atoms with Crippen molar-refractivity contribution in [3.8, 4) is 0 Å². The van der Waals surface area contributed by atoms with E-state index in [9.17, 15) is 4.79 Å². The van der Waals surface area contributed by atoms with Gasteiger partial charge in [-0.25, -0.2) is 9.97 Å². The number of rotatable bonds is 4. The van der Waals surface area contributed by atoms with Crippen LogP contribution in [0.15, 0.2) is 17.5 Å². The Balaban J connectivity index is 1.77. The van der Waals surface area contributed by atoms with E-state index in [4.69, 9.17) is 5.73 Å². The average Bonchev–Trinajstić information content (AvgIpc) is 3.19. The van der Waals surface area contributed by atoms with Crippen LogP contribution < -0.4 is 11.1 Å². The van der Waals surface area contributed by atoms with E-state index in [-0.39, 0.29) is 11.8 Å². The molecule has 1 saturated carbocycles. The molecule has 1 amide bonds. The zero-order valence-corrected chi connectivity index (χ0v) is 12.9. The van der Waals surface area contributed by atoms with Crippen LogP contribution in [-0.4, -0.2) is 15.9 Å². The number of aromatic nitrogens is 2. The van der Waals surface area contributed by atoms with Crippen molar-refractivity contribution in [2.45, 2.75) is 38.5 Å². The number of carbonyl (C=O) groups excluding carboxylic acids is 1. The van der Waals surface area contributed by atoms with Gasteiger partial charge in [-0.3, -0.25) is 10.1 Å². The SMILES string of the molecule is CC(C)c1cc(C(=O)Nc2nc(C3CC3)cs2)cc(N)n1. The quantitative estimate of drug-likeness (QED) is 0.907. The third kappa shape index (κ3) is 3.21. The zero-order chi connectivity index (χ0) is 15.0. The lowest BCUT2D eigenvalue weighted by Gasteiger charge is -2.08. The van der Waals surface area contributed by atoms with Gasteiger partial charge in [-0.05, 0) is 30.9 Å². The van der Waals surface area contributed by atoms with Gasteiger partial charge < -0.3 is 5.73 Å². The molecule has 0 bridgehead atoms. The molecular weight excluding hydrogens is 284 g/mol. The smallest absolute Gasteiger partial charge is 0.257 e. The second-order valence-electron chi connectivity index (χ2n) is 5.67. The fourth-order valence-electron chi connectivity index (χ4n) is 2.08. The molecular formula is C15H18N4OS. The van der Waals surface area contributed by atoms with Crippen LogP contribution in [0.1, 0.15) is 60.3 Å². The van der Waals surface area contributed by atoms with Crippen molar-refractivity contribution >= 4 is 28.2 Å². The summed E-state index contributed by atoms with van der Waals surface area (Å²) in [6, 6.07) is 3.38. The van der Waals surface area contributed by atoms with Crippen molar-refractivity contribution in [2.75, 3.05) is 11.1 Å². The van der Waals surface area contributed by atoms with Gasteiger partial charge in [-0.2, -0.15) is 0 Å². The van der Waals surface area contributed by atoms with Gasteiger partial charge in [0, 0.05) is 22.6 Å². The van der Waals surface area contributed by atoms with Crippen molar-refractivity contribution in [3.05, 3.63) is 34.5 Å². The van der Waals surface area contributed by atoms with E-state index in [0.29, 0.717) is 22.4 Å². The summed E-state index contributed by atoms with van der Waals surface area (Å²) in [6.07, 6.45) is 2.41. The van der Waals surface area contributed by atoms with Crippen molar-refractivity contribution < 1.29 is 4.79 Å². The Morgan fingerprint density at radius 3 is 2.81 bits per heavy atom. The number of nitrogens with two attached hydrogens (primary N) is 1. The van der Waals surface area contributed by atoms with Crippen molar-refractivity contribution in [3.63, 3.8) is 0 Å². The van der Waals surface area contributed by atoms with Gasteiger partial charge in [-0.15, -0.1) is 11.3 Å². The molecule has 0 unspecified atom stereocenters. The molecule has 2 aromatic heterocycles. The summed E-state index contributed by atoms with van der Waals surface area (Å²) < 4.78 is 0. The van der Waals surface area contributed by atoms with E-state index in [2.05, 4.69) is 15.3 Å². The van der Waals surface area contributed by atoms with E-state index >= 15 is 0 Å². The van der Waals surface area contributed by atoms with Gasteiger partial charge in [0.2, 0.25) is 0 Å². The van der Waals surface area contributed by atoms with Gasteiger partial charge in [0.25, 0.3) is 5.91 Å². The van der Waals surface area contributed by atoms with Gasteiger partial charge in [0.15, 0.2) is 5.13 Å². The normalized spacial score (nSPS) is 14.4. The first-order valence-corrected chi connectivity index (χ1v) is 7.95. The number of amides is 1. The van der Waals surface area contributed by atoms with Crippen molar-refractivity contribution in [1.82, 2.24) is 9.97 Å². The number of hydrogen-bond donors (Lipinski definition) is 2. The monoisotopic (exact) mass is 302 g/mol. The van der Waals surface area contributed by atoms with Gasteiger partial charge in [-0.1, -0.05) is 13.8 Å². The molecule has 0 spiro atoms. The highest BCUT2D eigenvalue weighted by atomic mass is 32.1. The fraction of sp³-hybridized carbons (Fsp3) is 0.400. The van der Waals surface area contributed by atoms with Crippen LogP contribution in [0.2, 0.25) is 0 Å². The van der Waals surface area contributed by atoms with Crippen LogP contribution in [0.4, 0.5) is 10.9 Å². The molecule has 0 atom stereocenters. The first kappa shape index (κ1) is 14.0. The van der Waals surface area contributed by atoms with Crippen LogP contribution in [0, 0.1) is 0 Å². The van der Waals surface area contributed by atoms with Crippen molar-refractivity contribution in [2.24, 2.45) is 0 Å². The molecule has 3 N–H and O–H groups in total. The van der Waals surface area contributed by atoms with Gasteiger partial charge in [0.1, 0.15) is 5.82 Å². The summed E-state index contributed by atoms with van der Waals surface area (Å²) in [7, 11) is 0. The lowest BCUT2D eigenvalue weighted by atomic mass is 10.1. The molecule has 110 valence electrons. The lowest BCUT2D eigenvalue weighted by molar-refractivity contribution is 0.102. The number of carbonyl (C=O) groups is 1. The standard InChI is InChI=1S/C15H18N4OS/c1-8(2)11-5-10(6-13(16)17-11)14(20)19-15-18-12(7-21-15)9-3-4-9/h5-9H,3-4H2,1-2H3,(H2,16,17)(H,18,19,20). The maximum Gasteiger partial charge on any atom is 0.257 e. The third-order valence-electron chi connectivity index (χ3n) is 3.46. The molecule has 1 aliphatic rings. The van der Waals surface area contributed by atoms with Crippen LogP contribution in [0.5, 0.6) is 0 Å². The van der Waals surface area contributed by atoms with E-state index < -0.39 is 0 Å². The highest BCUT2D eigenvalue weighted by Gasteiger charge is 2.26. The van der Waals surface area contributed by atoms with E-state index in [0.717, 1.165) is 11.4 Å². The number of nitrogen functional groups attached to an aromatic ring is 1. The lowest BCUT2D eigenvalue weighted by Crippen LogP contribution is -2.13. The number of hydrogen-bond acceptors (Lipinski definition) is 5. The minimum atomic E-state index is -0.192.